The van der Waals surface area contributed by atoms with Crippen LogP contribution in [0.25, 0.3) is 0 Å². The second-order valence-electron chi connectivity index (χ2n) is 6.83. The molecular weight excluding hydrogens is 344 g/mol. The van der Waals surface area contributed by atoms with Crippen LogP contribution in [0, 0.1) is 0 Å². The lowest BCUT2D eigenvalue weighted by Crippen LogP contribution is -2.51. The number of hydrogen-bond acceptors (Lipinski definition) is 5. The van der Waals surface area contributed by atoms with Crippen molar-refractivity contribution in [2.45, 2.75) is 32.4 Å². The van der Waals surface area contributed by atoms with Gasteiger partial charge in [0.15, 0.2) is 17.7 Å². The number of fused-ring (bicyclic) bond motifs is 2. The van der Waals surface area contributed by atoms with Crippen molar-refractivity contribution >= 4 is 23.5 Å². The SMILES string of the molecule is CCC1Oc2ccc(N)nc2N(CC(=O)N2CCc3ccccc3C2)C1=O. The molecule has 7 heteroatoms. The fourth-order valence-corrected chi connectivity index (χ4v) is 3.57. The molecule has 7 nitrogen and oxygen atoms in total. The van der Waals surface area contributed by atoms with Crippen molar-refractivity contribution in [2.75, 3.05) is 23.7 Å². The summed E-state index contributed by atoms with van der Waals surface area (Å²) in [5.41, 5.74) is 8.21. The molecule has 1 aromatic carbocycles. The number of ether oxygens (including phenoxy) is 1. The van der Waals surface area contributed by atoms with Crippen LogP contribution in [0.4, 0.5) is 11.6 Å². The number of carbonyl (C=O) groups excluding carboxylic acids is 2. The summed E-state index contributed by atoms with van der Waals surface area (Å²) in [6, 6.07) is 11.5. The normalized spacial score (nSPS) is 18.6. The minimum Gasteiger partial charge on any atom is -0.477 e. The average molecular weight is 366 g/mol. The summed E-state index contributed by atoms with van der Waals surface area (Å²) in [5, 5.41) is 0. The van der Waals surface area contributed by atoms with E-state index >= 15 is 0 Å². The Hall–Kier alpha value is -3.09. The topological polar surface area (TPSA) is 88.8 Å². The summed E-state index contributed by atoms with van der Waals surface area (Å²) in [6.45, 7) is 3.01. The first-order chi connectivity index (χ1) is 13.1. The summed E-state index contributed by atoms with van der Waals surface area (Å²) in [4.78, 5) is 33.2. The van der Waals surface area contributed by atoms with E-state index in [1.165, 1.54) is 10.5 Å². The van der Waals surface area contributed by atoms with Crippen LogP contribution in [-0.2, 0) is 22.6 Å². The zero-order chi connectivity index (χ0) is 19.0. The van der Waals surface area contributed by atoms with Crippen LogP contribution in [0.5, 0.6) is 5.75 Å². The quantitative estimate of drug-likeness (QED) is 0.894. The number of nitrogen functional groups attached to an aromatic ring is 1. The molecule has 0 radical (unpaired) electrons. The van der Waals surface area contributed by atoms with Crippen molar-refractivity contribution in [3.8, 4) is 5.75 Å². The molecule has 1 unspecified atom stereocenters. The molecule has 0 fully saturated rings. The molecule has 27 heavy (non-hydrogen) atoms. The van der Waals surface area contributed by atoms with Gasteiger partial charge in [0.25, 0.3) is 5.91 Å². The van der Waals surface area contributed by atoms with Crippen molar-refractivity contribution in [1.29, 1.82) is 0 Å². The first-order valence-electron chi connectivity index (χ1n) is 9.16. The standard InChI is InChI=1S/C20H22N4O3/c1-2-15-20(26)24(19-16(27-15)7-8-17(21)22-19)12-18(25)23-10-9-13-5-3-4-6-14(13)11-23/h3-8,15H,2,9-12H2,1H3,(H2,21,22). The van der Waals surface area contributed by atoms with Crippen LogP contribution >= 0.6 is 0 Å². The highest BCUT2D eigenvalue weighted by molar-refractivity contribution is 6.03. The average Bonchev–Trinajstić information content (AvgIpc) is 2.69. The third-order valence-electron chi connectivity index (χ3n) is 5.07. The fraction of sp³-hybridized carbons (Fsp3) is 0.350. The molecule has 3 heterocycles. The largest absolute Gasteiger partial charge is 0.477 e. The van der Waals surface area contributed by atoms with Gasteiger partial charge in [0.2, 0.25) is 5.91 Å². The highest BCUT2D eigenvalue weighted by atomic mass is 16.5. The number of benzene rings is 1. The lowest BCUT2D eigenvalue weighted by molar-refractivity contribution is -0.134. The Bertz CT molecular complexity index is 899. The molecule has 0 saturated carbocycles. The maximum atomic E-state index is 12.9. The number of nitrogens with zero attached hydrogens (tertiary/aromatic N) is 3. The second kappa shape index (κ2) is 6.90. The zero-order valence-corrected chi connectivity index (χ0v) is 15.2. The molecule has 0 spiro atoms. The third-order valence-corrected chi connectivity index (χ3v) is 5.07. The first kappa shape index (κ1) is 17.3. The van der Waals surface area contributed by atoms with Gasteiger partial charge in [-0.05, 0) is 36.1 Å². The Kier molecular flexibility index (Phi) is 4.43. The van der Waals surface area contributed by atoms with Gasteiger partial charge in [-0.1, -0.05) is 31.2 Å². The Labute approximate surface area is 157 Å². The Morgan fingerprint density at radius 3 is 2.81 bits per heavy atom. The number of nitrogens with two attached hydrogens (primary N) is 1. The van der Waals surface area contributed by atoms with Crippen molar-refractivity contribution in [1.82, 2.24) is 9.88 Å². The molecule has 2 N–H and O–H groups in total. The van der Waals surface area contributed by atoms with Crippen LogP contribution in [-0.4, -0.2) is 40.9 Å². The van der Waals surface area contributed by atoms with Gasteiger partial charge < -0.3 is 15.4 Å². The number of amides is 2. The summed E-state index contributed by atoms with van der Waals surface area (Å²) < 4.78 is 5.72. The lowest BCUT2D eigenvalue weighted by Gasteiger charge is -2.35. The van der Waals surface area contributed by atoms with Gasteiger partial charge in [-0.2, -0.15) is 0 Å². The van der Waals surface area contributed by atoms with Gasteiger partial charge >= 0.3 is 0 Å². The molecule has 0 aliphatic carbocycles. The van der Waals surface area contributed by atoms with E-state index in [1.807, 2.05) is 25.1 Å². The molecule has 1 atom stereocenters. The Balaban J connectivity index is 1.57. The fourth-order valence-electron chi connectivity index (χ4n) is 3.57. The van der Waals surface area contributed by atoms with E-state index in [9.17, 15) is 9.59 Å². The van der Waals surface area contributed by atoms with E-state index in [4.69, 9.17) is 10.5 Å². The highest BCUT2D eigenvalue weighted by Crippen LogP contribution is 2.33. The molecule has 140 valence electrons. The molecule has 4 rings (SSSR count). The van der Waals surface area contributed by atoms with Gasteiger partial charge in [0.1, 0.15) is 12.4 Å². The van der Waals surface area contributed by atoms with Crippen LogP contribution < -0.4 is 15.4 Å². The molecule has 0 saturated heterocycles. The van der Waals surface area contributed by atoms with Gasteiger partial charge in [-0.25, -0.2) is 4.98 Å². The van der Waals surface area contributed by atoms with Gasteiger partial charge in [0, 0.05) is 13.1 Å². The number of hydrogen-bond donors (Lipinski definition) is 1. The molecule has 0 bridgehead atoms. The van der Waals surface area contributed by atoms with E-state index in [2.05, 4.69) is 11.1 Å². The maximum Gasteiger partial charge on any atom is 0.269 e. The third kappa shape index (κ3) is 3.20. The minimum atomic E-state index is -0.613. The monoisotopic (exact) mass is 366 g/mol. The number of anilines is 2. The van der Waals surface area contributed by atoms with Crippen LogP contribution in [0.2, 0.25) is 0 Å². The smallest absolute Gasteiger partial charge is 0.269 e. The summed E-state index contributed by atoms with van der Waals surface area (Å²) in [5.74, 6) is 0.714. The van der Waals surface area contributed by atoms with Gasteiger partial charge in [-0.3, -0.25) is 14.5 Å². The number of pyridine rings is 1. The van der Waals surface area contributed by atoms with Crippen molar-refractivity contribution in [3.05, 3.63) is 47.5 Å². The second-order valence-corrected chi connectivity index (χ2v) is 6.83. The molecule has 2 aliphatic rings. The van der Waals surface area contributed by atoms with Crippen LogP contribution in [0.3, 0.4) is 0 Å². The lowest BCUT2D eigenvalue weighted by atomic mass is 10.00. The van der Waals surface area contributed by atoms with E-state index < -0.39 is 6.10 Å². The van der Waals surface area contributed by atoms with E-state index in [-0.39, 0.29) is 24.2 Å². The number of carbonyl (C=O) groups is 2. The van der Waals surface area contributed by atoms with Crippen molar-refractivity contribution in [3.63, 3.8) is 0 Å². The molecule has 1 aromatic heterocycles. The maximum absolute atomic E-state index is 12.9. The van der Waals surface area contributed by atoms with Gasteiger partial charge in [0.05, 0.1) is 0 Å². The summed E-state index contributed by atoms with van der Waals surface area (Å²) in [7, 11) is 0. The molecular formula is C20H22N4O3. The first-order valence-corrected chi connectivity index (χ1v) is 9.16. The van der Waals surface area contributed by atoms with E-state index in [0.717, 1.165) is 12.0 Å². The molecule has 2 aliphatic heterocycles. The van der Waals surface area contributed by atoms with Crippen molar-refractivity contribution in [2.24, 2.45) is 0 Å². The van der Waals surface area contributed by atoms with Crippen LogP contribution in [0.1, 0.15) is 24.5 Å². The minimum absolute atomic E-state index is 0.0652. The van der Waals surface area contributed by atoms with E-state index in [1.54, 1.807) is 17.0 Å². The van der Waals surface area contributed by atoms with Crippen LogP contribution in [0.15, 0.2) is 36.4 Å². The summed E-state index contributed by atoms with van der Waals surface area (Å²) in [6.07, 6.45) is 0.723. The van der Waals surface area contributed by atoms with Gasteiger partial charge in [-0.15, -0.1) is 0 Å². The zero-order valence-electron chi connectivity index (χ0n) is 15.2. The molecule has 2 amide bonds. The highest BCUT2D eigenvalue weighted by Gasteiger charge is 2.36. The number of rotatable bonds is 3. The van der Waals surface area contributed by atoms with Crippen molar-refractivity contribution < 1.29 is 14.3 Å². The van der Waals surface area contributed by atoms with E-state index in [0.29, 0.717) is 31.1 Å². The number of aromatic nitrogens is 1. The Morgan fingerprint density at radius 2 is 2.04 bits per heavy atom. The molecule has 2 aromatic rings. The Morgan fingerprint density at radius 1 is 1.26 bits per heavy atom. The summed E-state index contributed by atoms with van der Waals surface area (Å²) >= 11 is 0. The predicted molar refractivity (Wildman–Crippen MR) is 101 cm³/mol. The predicted octanol–water partition coefficient (Wildman–Crippen LogP) is 1.75.